The molecule has 2 heterocycles. The lowest BCUT2D eigenvalue weighted by molar-refractivity contribution is -0.0550. The molecule has 4 rings (SSSR count). The van der Waals surface area contributed by atoms with Gasteiger partial charge in [-0.3, -0.25) is 0 Å². The van der Waals surface area contributed by atoms with Crippen LogP contribution < -0.4 is 5.32 Å². The van der Waals surface area contributed by atoms with Crippen LogP contribution in [-0.2, 0) is 11.4 Å². The van der Waals surface area contributed by atoms with Crippen LogP contribution in [0.5, 0.6) is 0 Å². The van der Waals surface area contributed by atoms with Crippen LogP contribution in [0.4, 0.5) is 4.79 Å². The van der Waals surface area contributed by atoms with E-state index in [1.807, 2.05) is 47.4 Å². The summed E-state index contributed by atoms with van der Waals surface area (Å²) >= 11 is 5.97. The number of rotatable bonds is 3. The third-order valence-electron chi connectivity index (χ3n) is 5.67. The highest BCUT2D eigenvalue weighted by molar-refractivity contribution is 6.30. The maximum Gasteiger partial charge on any atom is 0.317 e. The molecule has 28 heavy (non-hydrogen) atoms. The Labute approximate surface area is 170 Å². The number of urea groups is 1. The Morgan fingerprint density at radius 1 is 1.18 bits per heavy atom. The number of oxime groups is 1. The second-order valence-corrected chi connectivity index (χ2v) is 8.00. The molecule has 0 radical (unpaired) electrons. The predicted molar refractivity (Wildman–Crippen MR) is 111 cm³/mol. The summed E-state index contributed by atoms with van der Waals surface area (Å²) in [5.74, 6) is 0. The molecule has 2 aliphatic heterocycles. The third-order valence-corrected chi connectivity index (χ3v) is 5.92. The minimum absolute atomic E-state index is 0.0186. The lowest BCUT2D eigenvalue weighted by Gasteiger charge is -2.37. The van der Waals surface area contributed by atoms with Gasteiger partial charge in [0, 0.05) is 43.9 Å². The first-order valence-electron chi connectivity index (χ1n) is 9.63. The SMILES string of the molecule is Cc1ccccc1CNC(=O)N1CCC2(CC1)CC(c1ccc(Cl)cc1)=NO2. The normalized spacial score (nSPS) is 17.9. The van der Waals surface area contributed by atoms with Crippen molar-refractivity contribution in [3.8, 4) is 0 Å². The molecule has 1 fully saturated rings. The van der Waals surface area contributed by atoms with Crippen LogP contribution in [0.1, 0.15) is 36.0 Å². The van der Waals surface area contributed by atoms with Gasteiger partial charge in [0.25, 0.3) is 0 Å². The van der Waals surface area contributed by atoms with E-state index in [1.54, 1.807) is 0 Å². The van der Waals surface area contributed by atoms with Gasteiger partial charge in [-0.05, 0) is 35.7 Å². The maximum absolute atomic E-state index is 12.5. The first kappa shape index (κ1) is 18.8. The molecule has 5 nitrogen and oxygen atoms in total. The average molecular weight is 398 g/mol. The third kappa shape index (κ3) is 3.99. The molecule has 6 heteroatoms. The number of hydrogen-bond donors (Lipinski definition) is 1. The number of benzene rings is 2. The summed E-state index contributed by atoms with van der Waals surface area (Å²) in [4.78, 5) is 20.3. The number of carbonyl (C=O) groups is 1. The topological polar surface area (TPSA) is 53.9 Å². The predicted octanol–water partition coefficient (Wildman–Crippen LogP) is 4.52. The van der Waals surface area contributed by atoms with Crippen LogP contribution in [0.3, 0.4) is 0 Å². The molecule has 2 amide bonds. The van der Waals surface area contributed by atoms with Crippen molar-refractivity contribution in [1.82, 2.24) is 10.2 Å². The van der Waals surface area contributed by atoms with Crippen LogP contribution in [0.2, 0.25) is 5.02 Å². The molecule has 1 N–H and O–H groups in total. The monoisotopic (exact) mass is 397 g/mol. The Hall–Kier alpha value is -2.53. The van der Waals surface area contributed by atoms with Gasteiger partial charge in [-0.2, -0.15) is 0 Å². The van der Waals surface area contributed by atoms with Crippen molar-refractivity contribution in [3.05, 3.63) is 70.2 Å². The summed E-state index contributed by atoms with van der Waals surface area (Å²) in [6.07, 6.45) is 2.34. The molecule has 2 aromatic rings. The van der Waals surface area contributed by atoms with Gasteiger partial charge in [0.1, 0.15) is 5.60 Å². The summed E-state index contributed by atoms with van der Waals surface area (Å²) in [6, 6.07) is 15.8. The first-order chi connectivity index (χ1) is 13.5. The van der Waals surface area contributed by atoms with Gasteiger partial charge >= 0.3 is 6.03 Å². The van der Waals surface area contributed by atoms with Crippen LogP contribution >= 0.6 is 11.6 Å². The van der Waals surface area contributed by atoms with Gasteiger partial charge in [-0.25, -0.2) is 4.79 Å². The summed E-state index contributed by atoms with van der Waals surface area (Å²) < 4.78 is 0. The molecule has 2 aliphatic rings. The quantitative estimate of drug-likeness (QED) is 0.827. The number of piperidine rings is 1. The van der Waals surface area contributed by atoms with E-state index in [4.69, 9.17) is 16.4 Å². The molecule has 0 unspecified atom stereocenters. The summed E-state index contributed by atoms with van der Waals surface area (Å²) in [5, 5.41) is 8.07. The van der Waals surface area contributed by atoms with E-state index in [-0.39, 0.29) is 11.6 Å². The van der Waals surface area contributed by atoms with Crippen molar-refractivity contribution in [3.63, 3.8) is 0 Å². The zero-order valence-electron chi connectivity index (χ0n) is 16.0. The zero-order valence-corrected chi connectivity index (χ0v) is 16.7. The number of aryl methyl sites for hydroxylation is 1. The number of nitrogens with one attached hydrogen (secondary N) is 1. The van der Waals surface area contributed by atoms with Gasteiger partial charge in [0.15, 0.2) is 0 Å². The summed E-state index contributed by atoms with van der Waals surface area (Å²) in [5.41, 5.74) is 4.03. The molecule has 1 spiro atoms. The zero-order chi connectivity index (χ0) is 19.6. The molecule has 1 saturated heterocycles. The fourth-order valence-electron chi connectivity index (χ4n) is 3.80. The molecule has 2 aromatic carbocycles. The van der Waals surface area contributed by atoms with Gasteiger partial charge < -0.3 is 15.1 Å². The van der Waals surface area contributed by atoms with E-state index in [1.165, 1.54) is 5.56 Å². The van der Waals surface area contributed by atoms with Crippen molar-refractivity contribution in [2.45, 2.75) is 38.3 Å². The molecule has 0 aliphatic carbocycles. The highest BCUT2D eigenvalue weighted by Crippen LogP contribution is 2.36. The van der Waals surface area contributed by atoms with Crippen molar-refractivity contribution in [2.24, 2.45) is 5.16 Å². The number of hydrogen-bond acceptors (Lipinski definition) is 3. The van der Waals surface area contributed by atoms with E-state index in [0.717, 1.165) is 36.1 Å². The van der Waals surface area contributed by atoms with E-state index in [0.29, 0.717) is 24.7 Å². The lowest BCUT2D eigenvalue weighted by atomic mass is 9.85. The van der Waals surface area contributed by atoms with Gasteiger partial charge in [-0.1, -0.05) is 53.2 Å². The average Bonchev–Trinajstić information content (AvgIpc) is 3.12. The summed E-state index contributed by atoms with van der Waals surface area (Å²) in [6.45, 7) is 3.95. The van der Waals surface area contributed by atoms with Crippen LogP contribution in [-0.4, -0.2) is 35.3 Å². The molecule has 0 atom stereocenters. The van der Waals surface area contributed by atoms with Gasteiger partial charge in [-0.15, -0.1) is 0 Å². The van der Waals surface area contributed by atoms with Crippen LogP contribution in [0.25, 0.3) is 0 Å². The number of halogens is 1. The number of nitrogens with zero attached hydrogens (tertiary/aromatic N) is 2. The Bertz CT molecular complexity index is 887. The molecule has 0 bridgehead atoms. The van der Waals surface area contributed by atoms with Crippen molar-refractivity contribution in [1.29, 1.82) is 0 Å². The minimum atomic E-state index is -0.290. The highest BCUT2D eigenvalue weighted by Gasteiger charge is 2.43. The molecule has 146 valence electrons. The minimum Gasteiger partial charge on any atom is -0.388 e. The number of amides is 2. The van der Waals surface area contributed by atoms with Gasteiger partial charge in [0.05, 0.1) is 5.71 Å². The highest BCUT2D eigenvalue weighted by atomic mass is 35.5. The summed E-state index contributed by atoms with van der Waals surface area (Å²) in [7, 11) is 0. The maximum atomic E-state index is 12.5. The largest absolute Gasteiger partial charge is 0.388 e. The molecular formula is C22H24ClN3O2. The molecule has 0 saturated carbocycles. The van der Waals surface area contributed by atoms with Crippen LogP contribution in [0, 0.1) is 6.92 Å². The Morgan fingerprint density at radius 2 is 1.89 bits per heavy atom. The fraction of sp³-hybridized carbons (Fsp3) is 0.364. The Kier molecular flexibility index (Phi) is 5.27. The fourth-order valence-corrected chi connectivity index (χ4v) is 3.92. The lowest BCUT2D eigenvalue weighted by Crippen LogP contribution is -2.49. The van der Waals surface area contributed by atoms with E-state index >= 15 is 0 Å². The van der Waals surface area contributed by atoms with Crippen LogP contribution in [0.15, 0.2) is 53.7 Å². The second kappa shape index (κ2) is 7.84. The smallest absolute Gasteiger partial charge is 0.317 e. The molecule has 0 aromatic heterocycles. The number of carbonyl (C=O) groups excluding carboxylic acids is 1. The van der Waals surface area contributed by atoms with E-state index in [9.17, 15) is 4.79 Å². The van der Waals surface area contributed by atoms with Crippen molar-refractivity contribution in [2.75, 3.05) is 13.1 Å². The molecular weight excluding hydrogens is 374 g/mol. The Morgan fingerprint density at radius 3 is 2.61 bits per heavy atom. The van der Waals surface area contributed by atoms with E-state index in [2.05, 4.69) is 23.5 Å². The van der Waals surface area contributed by atoms with Gasteiger partial charge in [0.2, 0.25) is 0 Å². The second-order valence-electron chi connectivity index (χ2n) is 7.57. The standard InChI is InChI=1S/C22H24ClN3O2/c1-16-4-2-3-5-18(16)15-24-21(27)26-12-10-22(11-13-26)14-20(25-28-22)17-6-8-19(23)9-7-17/h2-9H,10-15H2,1H3,(H,24,27). The Balaban J connectivity index is 1.29. The number of likely N-dealkylation sites (tertiary alicyclic amines) is 1. The van der Waals surface area contributed by atoms with Crippen molar-refractivity contribution < 1.29 is 9.63 Å². The van der Waals surface area contributed by atoms with E-state index < -0.39 is 0 Å². The van der Waals surface area contributed by atoms with Crippen molar-refractivity contribution >= 4 is 23.3 Å². The first-order valence-corrected chi connectivity index (χ1v) is 10.0.